The van der Waals surface area contributed by atoms with Crippen molar-refractivity contribution in [2.75, 3.05) is 19.7 Å². The molecule has 0 amide bonds. The maximum Gasteiger partial charge on any atom is 0.157 e. The molecule has 1 unspecified atom stereocenters. The molecule has 1 atom stereocenters. The molecule has 88 valence electrons. The van der Waals surface area contributed by atoms with E-state index in [9.17, 15) is 0 Å². The molecule has 0 saturated heterocycles. The van der Waals surface area contributed by atoms with Crippen molar-refractivity contribution >= 4 is 16.9 Å². The highest BCUT2D eigenvalue weighted by Crippen LogP contribution is 2.22. The topological polar surface area (TPSA) is 33.6 Å². The molecular formula is C11H22N2OS. The van der Waals surface area contributed by atoms with Gasteiger partial charge >= 0.3 is 0 Å². The van der Waals surface area contributed by atoms with Gasteiger partial charge in [0.2, 0.25) is 0 Å². The third-order valence-electron chi connectivity index (χ3n) is 2.37. The van der Waals surface area contributed by atoms with Crippen molar-refractivity contribution in [1.29, 1.82) is 0 Å². The van der Waals surface area contributed by atoms with Gasteiger partial charge in [-0.1, -0.05) is 18.7 Å². The fourth-order valence-electron chi connectivity index (χ4n) is 1.46. The lowest BCUT2D eigenvalue weighted by molar-refractivity contribution is -0.00556. The lowest BCUT2D eigenvalue weighted by Crippen LogP contribution is -2.39. The zero-order valence-corrected chi connectivity index (χ0v) is 11.0. The molecule has 0 spiro atoms. The van der Waals surface area contributed by atoms with Gasteiger partial charge in [0.25, 0.3) is 0 Å². The molecule has 0 bridgehead atoms. The van der Waals surface area contributed by atoms with Crippen molar-refractivity contribution in [3.63, 3.8) is 0 Å². The quantitative estimate of drug-likeness (QED) is 0.786. The van der Waals surface area contributed by atoms with Gasteiger partial charge in [0, 0.05) is 18.4 Å². The Balaban J connectivity index is 2.26. The summed E-state index contributed by atoms with van der Waals surface area (Å²) >= 11 is 1.85. The molecule has 4 heteroatoms. The van der Waals surface area contributed by atoms with E-state index in [1.807, 2.05) is 18.7 Å². The lowest BCUT2D eigenvalue weighted by Gasteiger charge is -2.25. The molecule has 0 radical (unpaired) electrons. The Labute approximate surface area is 97.1 Å². The van der Waals surface area contributed by atoms with E-state index in [1.165, 1.54) is 6.42 Å². The van der Waals surface area contributed by atoms with Crippen LogP contribution in [0.2, 0.25) is 0 Å². The number of thioether (sulfide) groups is 1. The summed E-state index contributed by atoms with van der Waals surface area (Å²) in [6, 6.07) is 0. The number of hydrogen-bond acceptors (Lipinski definition) is 4. The second-order valence-corrected chi connectivity index (χ2v) is 5.63. The Morgan fingerprint density at radius 1 is 1.53 bits per heavy atom. The second-order valence-electron chi connectivity index (χ2n) is 4.34. The van der Waals surface area contributed by atoms with Crippen molar-refractivity contribution in [2.45, 2.75) is 45.0 Å². The number of rotatable bonds is 5. The minimum atomic E-state index is -0.109. The van der Waals surface area contributed by atoms with Gasteiger partial charge in [-0.15, -0.1) is 0 Å². The fraction of sp³-hybridized carbons (Fsp3) is 0.909. The number of aliphatic imine (C=N–C) groups is 1. The van der Waals surface area contributed by atoms with Gasteiger partial charge in [-0.2, -0.15) is 0 Å². The number of hydrogen-bond donors (Lipinski definition) is 1. The third-order valence-corrected chi connectivity index (χ3v) is 3.69. The van der Waals surface area contributed by atoms with E-state index < -0.39 is 0 Å². The number of ether oxygens (including phenoxy) is 1. The van der Waals surface area contributed by atoms with Crippen LogP contribution < -0.4 is 5.32 Å². The standard InChI is InChI=1S/C11H22N2OS/c1-5-9-7-12-10(15-9)13-8-11(3,4)14-6-2/h9H,5-8H2,1-4H3,(H,12,13). The van der Waals surface area contributed by atoms with E-state index in [0.717, 1.165) is 24.9 Å². The highest BCUT2D eigenvalue weighted by atomic mass is 32.2. The summed E-state index contributed by atoms with van der Waals surface area (Å²) in [5.74, 6) is 0. The van der Waals surface area contributed by atoms with Gasteiger partial charge in [0.05, 0.1) is 12.1 Å². The van der Waals surface area contributed by atoms with Crippen molar-refractivity contribution in [2.24, 2.45) is 4.99 Å². The van der Waals surface area contributed by atoms with Gasteiger partial charge in [-0.05, 0) is 27.2 Å². The van der Waals surface area contributed by atoms with Crippen LogP contribution in [0.15, 0.2) is 4.99 Å². The molecule has 1 aliphatic rings. The van der Waals surface area contributed by atoms with E-state index in [1.54, 1.807) is 0 Å². The zero-order chi connectivity index (χ0) is 11.3. The molecule has 1 aliphatic heterocycles. The molecule has 0 aliphatic carbocycles. The summed E-state index contributed by atoms with van der Waals surface area (Å²) < 4.78 is 5.62. The Hall–Kier alpha value is -0.220. The Morgan fingerprint density at radius 3 is 2.80 bits per heavy atom. The number of nitrogens with zero attached hydrogens (tertiary/aromatic N) is 1. The van der Waals surface area contributed by atoms with Crippen LogP contribution in [0.3, 0.4) is 0 Å². The van der Waals surface area contributed by atoms with E-state index in [-0.39, 0.29) is 5.60 Å². The predicted octanol–water partition coefficient (Wildman–Crippen LogP) is 2.27. The first-order valence-electron chi connectivity index (χ1n) is 5.66. The van der Waals surface area contributed by atoms with Crippen molar-refractivity contribution < 1.29 is 4.74 Å². The smallest absolute Gasteiger partial charge is 0.157 e. The van der Waals surface area contributed by atoms with Gasteiger partial charge in [-0.25, -0.2) is 0 Å². The van der Waals surface area contributed by atoms with Crippen molar-refractivity contribution in [1.82, 2.24) is 5.32 Å². The monoisotopic (exact) mass is 230 g/mol. The molecular weight excluding hydrogens is 208 g/mol. The molecule has 0 aromatic carbocycles. The summed E-state index contributed by atoms with van der Waals surface area (Å²) in [6.45, 7) is 11.0. The molecule has 1 N–H and O–H groups in total. The molecule has 0 aromatic rings. The summed E-state index contributed by atoms with van der Waals surface area (Å²) in [4.78, 5) is 4.46. The Kier molecular flexibility index (Phi) is 4.93. The minimum absolute atomic E-state index is 0.109. The average Bonchev–Trinajstić information content (AvgIpc) is 2.62. The van der Waals surface area contributed by atoms with Crippen LogP contribution in [0.1, 0.15) is 34.1 Å². The summed E-state index contributed by atoms with van der Waals surface area (Å²) in [5, 5.41) is 5.11. The van der Waals surface area contributed by atoms with Crippen LogP contribution in [-0.4, -0.2) is 35.7 Å². The molecule has 3 nitrogen and oxygen atoms in total. The fourth-order valence-corrected chi connectivity index (χ4v) is 2.39. The molecule has 1 heterocycles. The second kappa shape index (κ2) is 5.75. The van der Waals surface area contributed by atoms with Crippen LogP contribution in [0, 0.1) is 0 Å². The van der Waals surface area contributed by atoms with Crippen LogP contribution in [0.5, 0.6) is 0 Å². The Bertz CT molecular complexity index is 229. The minimum Gasteiger partial charge on any atom is -0.374 e. The number of nitrogens with one attached hydrogen (secondary N) is 1. The SMILES string of the molecule is CCOC(C)(C)CNC1=NCC(CC)S1. The van der Waals surface area contributed by atoms with E-state index >= 15 is 0 Å². The highest BCUT2D eigenvalue weighted by molar-refractivity contribution is 8.14. The van der Waals surface area contributed by atoms with Crippen molar-refractivity contribution in [3.8, 4) is 0 Å². The third kappa shape index (κ3) is 4.43. The van der Waals surface area contributed by atoms with Gasteiger partial charge in [0.15, 0.2) is 5.17 Å². The normalized spacial score (nSPS) is 21.6. The number of amidine groups is 1. The summed E-state index contributed by atoms with van der Waals surface area (Å²) in [7, 11) is 0. The first kappa shape index (κ1) is 12.8. The van der Waals surface area contributed by atoms with E-state index in [0.29, 0.717) is 5.25 Å². The van der Waals surface area contributed by atoms with Crippen LogP contribution in [0.4, 0.5) is 0 Å². The van der Waals surface area contributed by atoms with Gasteiger partial charge < -0.3 is 10.1 Å². The average molecular weight is 230 g/mol. The summed E-state index contributed by atoms with van der Waals surface area (Å²) in [5.41, 5.74) is -0.109. The molecule has 0 fully saturated rings. The van der Waals surface area contributed by atoms with Gasteiger partial charge in [-0.3, -0.25) is 4.99 Å². The lowest BCUT2D eigenvalue weighted by atomic mass is 10.1. The highest BCUT2D eigenvalue weighted by Gasteiger charge is 2.21. The van der Waals surface area contributed by atoms with E-state index in [4.69, 9.17) is 4.74 Å². The van der Waals surface area contributed by atoms with Gasteiger partial charge in [0.1, 0.15) is 0 Å². The largest absolute Gasteiger partial charge is 0.374 e. The molecule has 0 saturated carbocycles. The predicted molar refractivity (Wildman–Crippen MR) is 67.7 cm³/mol. The zero-order valence-electron chi connectivity index (χ0n) is 10.2. The van der Waals surface area contributed by atoms with Crippen LogP contribution in [-0.2, 0) is 4.74 Å². The Morgan fingerprint density at radius 2 is 2.27 bits per heavy atom. The molecule has 0 aromatic heterocycles. The molecule has 1 rings (SSSR count). The van der Waals surface area contributed by atoms with E-state index in [2.05, 4.69) is 31.1 Å². The van der Waals surface area contributed by atoms with Crippen LogP contribution in [0.25, 0.3) is 0 Å². The van der Waals surface area contributed by atoms with Crippen molar-refractivity contribution in [3.05, 3.63) is 0 Å². The first-order chi connectivity index (χ1) is 7.07. The first-order valence-corrected chi connectivity index (χ1v) is 6.54. The summed E-state index contributed by atoms with van der Waals surface area (Å²) in [6.07, 6.45) is 1.19. The maximum atomic E-state index is 5.62. The molecule has 15 heavy (non-hydrogen) atoms. The maximum absolute atomic E-state index is 5.62. The van der Waals surface area contributed by atoms with Crippen LogP contribution >= 0.6 is 11.8 Å².